The first-order valence-corrected chi connectivity index (χ1v) is 10.8. The Morgan fingerprint density at radius 2 is 2.00 bits per heavy atom. The molecule has 1 heterocycles. The molecule has 0 N–H and O–H groups in total. The van der Waals surface area contributed by atoms with E-state index in [-0.39, 0.29) is 17.8 Å². The van der Waals surface area contributed by atoms with Gasteiger partial charge in [-0.1, -0.05) is 11.3 Å². The zero-order valence-electron chi connectivity index (χ0n) is 15.4. The Hall–Kier alpha value is -2.12. The van der Waals surface area contributed by atoms with Crippen LogP contribution in [0.25, 0.3) is 10.2 Å². The lowest BCUT2D eigenvalue weighted by Crippen LogP contribution is -2.18. The Morgan fingerprint density at radius 3 is 2.67 bits per heavy atom. The van der Waals surface area contributed by atoms with Gasteiger partial charge in [0.05, 0.1) is 16.3 Å². The van der Waals surface area contributed by atoms with Crippen LogP contribution in [0.4, 0.5) is 4.39 Å². The summed E-state index contributed by atoms with van der Waals surface area (Å²) in [7, 11) is 0. The summed E-state index contributed by atoms with van der Waals surface area (Å²) in [5.74, 6) is 0.982. The van der Waals surface area contributed by atoms with Gasteiger partial charge in [0.2, 0.25) is 0 Å². The van der Waals surface area contributed by atoms with E-state index < -0.39 is 0 Å². The molecule has 0 spiro atoms. The molecule has 0 bridgehead atoms. The highest BCUT2D eigenvalue weighted by Gasteiger charge is 2.10. The van der Waals surface area contributed by atoms with E-state index >= 15 is 0 Å². The summed E-state index contributed by atoms with van der Waals surface area (Å²) >= 11 is 3.04. The minimum absolute atomic E-state index is 0.0746. The molecule has 2 aromatic carbocycles. The molecule has 0 unspecified atom stereocenters. The number of thiazole rings is 1. The lowest BCUT2D eigenvalue weighted by Gasteiger charge is -2.09. The Balaban J connectivity index is 1.97. The number of amides is 1. The topological polar surface area (TPSA) is 43.6 Å². The normalized spacial score (nSPS) is 12.1. The maximum absolute atomic E-state index is 13.6. The number of rotatable bonds is 6. The van der Waals surface area contributed by atoms with Gasteiger partial charge in [0.15, 0.2) is 4.80 Å². The number of benzene rings is 2. The number of carbonyl (C=O) groups is 1. The predicted molar refractivity (Wildman–Crippen MR) is 110 cm³/mol. The van der Waals surface area contributed by atoms with Crippen molar-refractivity contribution >= 4 is 39.2 Å². The highest BCUT2D eigenvalue weighted by molar-refractivity contribution is 7.98. The molecule has 3 aromatic rings. The maximum Gasteiger partial charge on any atom is 0.279 e. The number of aromatic nitrogens is 1. The van der Waals surface area contributed by atoms with Crippen molar-refractivity contribution in [2.24, 2.45) is 4.99 Å². The minimum Gasteiger partial charge on any atom is -0.491 e. The van der Waals surface area contributed by atoms with Crippen LogP contribution in [0.5, 0.6) is 5.75 Å². The van der Waals surface area contributed by atoms with Gasteiger partial charge in [0.1, 0.15) is 11.6 Å². The summed E-state index contributed by atoms with van der Waals surface area (Å²) in [4.78, 5) is 17.5. The van der Waals surface area contributed by atoms with Crippen molar-refractivity contribution in [2.75, 3.05) is 12.0 Å². The highest BCUT2D eigenvalue weighted by Crippen LogP contribution is 2.19. The van der Waals surface area contributed by atoms with E-state index in [4.69, 9.17) is 4.74 Å². The van der Waals surface area contributed by atoms with E-state index in [1.54, 1.807) is 42.1 Å². The maximum atomic E-state index is 13.6. The fourth-order valence-electron chi connectivity index (χ4n) is 2.63. The van der Waals surface area contributed by atoms with Gasteiger partial charge in [-0.05, 0) is 62.6 Å². The van der Waals surface area contributed by atoms with Gasteiger partial charge >= 0.3 is 0 Å². The van der Waals surface area contributed by atoms with Crippen molar-refractivity contribution in [3.63, 3.8) is 0 Å². The molecule has 0 aliphatic heterocycles. The third-order valence-electron chi connectivity index (χ3n) is 3.83. The SMILES string of the molecule is CSCCn1c(=NC(=O)c2ccc(OC(C)C)cc2)sc2cc(F)ccc21. The average Bonchev–Trinajstić information content (AvgIpc) is 2.96. The van der Waals surface area contributed by atoms with E-state index in [1.807, 2.05) is 24.7 Å². The third-order valence-corrected chi connectivity index (χ3v) is 5.47. The molecular weight excluding hydrogens is 383 g/mol. The average molecular weight is 405 g/mol. The molecule has 142 valence electrons. The van der Waals surface area contributed by atoms with Crippen molar-refractivity contribution < 1.29 is 13.9 Å². The van der Waals surface area contributed by atoms with Gasteiger partial charge in [0.25, 0.3) is 5.91 Å². The lowest BCUT2D eigenvalue weighted by molar-refractivity contribution is 0.0998. The fraction of sp³-hybridized carbons (Fsp3) is 0.300. The predicted octanol–water partition coefficient (Wildman–Crippen LogP) is 4.73. The van der Waals surface area contributed by atoms with Crippen LogP contribution in [0.1, 0.15) is 24.2 Å². The standard InChI is InChI=1S/C20H21FN2O2S2/c1-13(2)25-16-7-4-14(5-8-16)19(24)22-20-23(10-11-26-3)17-9-6-15(21)12-18(17)27-20/h4-9,12-13H,10-11H2,1-3H3. The summed E-state index contributed by atoms with van der Waals surface area (Å²) in [6.45, 7) is 4.61. The van der Waals surface area contributed by atoms with Gasteiger partial charge in [-0.25, -0.2) is 4.39 Å². The van der Waals surface area contributed by atoms with E-state index in [0.29, 0.717) is 22.7 Å². The summed E-state index contributed by atoms with van der Waals surface area (Å²) < 4.78 is 21.9. The van der Waals surface area contributed by atoms with Crippen LogP contribution in [0, 0.1) is 5.82 Å². The van der Waals surface area contributed by atoms with Crippen LogP contribution < -0.4 is 9.54 Å². The zero-order chi connectivity index (χ0) is 19.4. The molecule has 0 atom stereocenters. The van der Waals surface area contributed by atoms with E-state index in [9.17, 15) is 9.18 Å². The summed E-state index contributed by atoms with van der Waals surface area (Å²) in [6, 6.07) is 11.6. The van der Waals surface area contributed by atoms with Crippen LogP contribution in [-0.2, 0) is 6.54 Å². The monoisotopic (exact) mass is 404 g/mol. The quantitative estimate of drug-likeness (QED) is 0.596. The first kappa shape index (κ1) is 19.6. The molecular formula is C20H21FN2O2S2. The van der Waals surface area contributed by atoms with Gasteiger partial charge < -0.3 is 9.30 Å². The molecule has 0 fully saturated rings. The molecule has 27 heavy (non-hydrogen) atoms. The Labute approximate surface area is 165 Å². The number of halogens is 1. The number of carbonyl (C=O) groups excluding carboxylic acids is 1. The van der Waals surface area contributed by atoms with E-state index in [2.05, 4.69) is 4.99 Å². The van der Waals surface area contributed by atoms with Crippen LogP contribution in [0.3, 0.4) is 0 Å². The number of nitrogens with zero attached hydrogens (tertiary/aromatic N) is 2. The van der Waals surface area contributed by atoms with Gasteiger partial charge in [-0.2, -0.15) is 16.8 Å². The third kappa shape index (κ3) is 4.78. The molecule has 0 aliphatic carbocycles. The Bertz CT molecular complexity index is 1010. The molecule has 3 rings (SSSR count). The molecule has 0 aliphatic rings. The number of aryl methyl sites for hydroxylation is 1. The first-order chi connectivity index (χ1) is 13.0. The van der Waals surface area contributed by atoms with Crippen LogP contribution >= 0.6 is 23.1 Å². The molecule has 4 nitrogen and oxygen atoms in total. The number of hydrogen-bond acceptors (Lipinski definition) is 4. The number of ether oxygens (including phenoxy) is 1. The Morgan fingerprint density at radius 1 is 1.26 bits per heavy atom. The van der Waals surface area contributed by atoms with Crippen molar-refractivity contribution in [3.05, 3.63) is 58.6 Å². The number of thioether (sulfide) groups is 1. The first-order valence-electron chi connectivity index (χ1n) is 8.61. The zero-order valence-corrected chi connectivity index (χ0v) is 17.1. The van der Waals surface area contributed by atoms with Gasteiger partial charge in [0, 0.05) is 17.9 Å². The largest absolute Gasteiger partial charge is 0.491 e. The molecule has 0 saturated heterocycles. The fourth-order valence-corrected chi connectivity index (χ4v) is 4.08. The van der Waals surface area contributed by atoms with Crippen molar-refractivity contribution in [3.8, 4) is 5.75 Å². The smallest absolute Gasteiger partial charge is 0.279 e. The summed E-state index contributed by atoms with van der Waals surface area (Å²) in [5.41, 5.74) is 1.38. The van der Waals surface area contributed by atoms with Crippen molar-refractivity contribution in [2.45, 2.75) is 26.5 Å². The van der Waals surface area contributed by atoms with Gasteiger partial charge in [-0.15, -0.1) is 0 Å². The van der Waals surface area contributed by atoms with Crippen molar-refractivity contribution in [1.29, 1.82) is 0 Å². The summed E-state index contributed by atoms with van der Waals surface area (Å²) in [6.07, 6.45) is 2.10. The molecule has 1 aromatic heterocycles. The van der Waals surface area contributed by atoms with Crippen molar-refractivity contribution in [1.82, 2.24) is 4.57 Å². The molecule has 7 heteroatoms. The molecule has 0 radical (unpaired) electrons. The Kier molecular flexibility index (Phi) is 6.34. The van der Waals surface area contributed by atoms with Crippen LogP contribution in [0.15, 0.2) is 47.5 Å². The second-order valence-corrected chi connectivity index (χ2v) is 8.24. The second-order valence-electron chi connectivity index (χ2n) is 6.25. The van der Waals surface area contributed by atoms with Crippen LogP contribution in [0.2, 0.25) is 0 Å². The summed E-state index contributed by atoms with van der Waals surface area (Å²) in [5, 5.41) is 0. The van der Waals surface area contributed by atoms with E-state index in [0.717, 1.165) is 16.0 Å². The number of hydrogen-bond donors (Lipinski definition) is 0. The van der Waals surface area contributed by atoms with Crippen LogP contribution in [-0.4, -0.2) is 28.6 Å². The second kappa shape index (κ2) is 8.71. The molecule has 1 amide bonds. The lowest BCUT2D eigenvalue weighted by atomic mass is 10.2. The van der Waals surface area contributed by atoms with E-state index in [1.165, 1.54) is 23.5 Å². The number of fused-ring (bicyclic) bond motifs is 1. The highest BCUT2D eigenvalue weighted by atomic mass is 32.2. The van der Waals surface area contributed by atoms with Gasteiger partial charge in [-0.3, -0.25) is 4.79 Å². The minimum atomic E-state index is -0.323. The molecule has 0 saturated carbocycles.